The van der Waals surface area contributed by atoms with Crippen molar-refractivity contribution in [1.82, 2.24) is 9.97 Å². The van der Waals surface area contributed by atoms with Gasteiger partial charge in [0.2, 0.25) is 0 Å². The van der Waals surface area contributed by atoms with Gasteiger partial charge in [-0.05, 0) is 86.4 Å². The Labute approximate surface area is 211 Å². The molecule has 174 valence electrons. The molecule has 4 rings (SSSR count). The molecule has 33 heavy (non-hydrogen) atoms. The maximum absolute atomic E-state index is 4.92. The molecule has 0 amide bonds. The molecule has 2 aromatic carbocycles. The van der Waals surface area contributed by atoms with Crippen molar-refractivity contribution in [2.45, 2.75) is 80.7 Å². The quantitative estimate of drug-likeness (QED) is 0.262. The fraction of sp³-hybridized carbons (Fsp3) is 0.429. The van der Waals surface area contributed by atoms with Gasteiger partial charge in [0, 0.05) is 31.4 Å². The summed E-state index contributed by atoms with van der Waals surface area (Å²) in [5.41, 5.74) is 7.97. The zero-order chi connectivity index (χ0) is 23.4. The van der Waals surface area contributed by atoms with Crippen LogP contribution < -0.4 is 0 Å². The molecule has 0 unspecified atom stereocenters. The third-order valence-electron chi connectivity index (χ3n) is 5.86. The zero-order valence-corrected chi connectivity index (χ0v) is 22.9. The number of hydrogen-bond acceptors (Lipinski definition) is 5. The van der Waals surface area contributed by atoms with Crippen LogP contribution in [0.25, 0.3) is 17.0 Å². The summed E-state index contributed by atoms with van der Waals surface area (Å²) in [5, 5.41) is 1.23. The average molecular weight is 495 g/mol. The minimum Gasteiger partial charge on any atom is -0.237 e. The van der Waals surface area contributed by atoms with Gasteiger partial charge in [0.15, 0.2) is 0 Å². The molecule has 3 aromatic rings. The molecular weight excluding hydrogens is 461 g/mol. The summed E-state index contributed by atoms with van der Waals surface area (Å²) in [5.74, 6) is 4.07. The molecule has 0 spiro atoms. The van der Waals surface area contributed by atoms with E-state index in [1.807, 2.05) is 42.2 Å². The van der Waals surface area contributed by atoms with Crippen LogP contribution in [0.2, 0.25) is 0 Å². The standard InChI is InChI=1S/C28H34N2S3/c1-6-11-31-21-9-10-26(27(16-21)32-12-7-2)33-17-25-24-15-20(8-3)22-13-18(4)14-23(22)28(24)30-19(5)29-25/h9-10,14-16H,6-8,11-13,17H2,1-5H3. The molecule has 0 aliphatic heterocycles. The first kappa shape index (κ1) is 24.7. The van der Waals surface area contributed by atoms with E-state index in [1.54, 1.807) is 0 Å². The summed E-state index contributed by atoms with van der Waals surface area (Å²) in [6.45, 7) is 11.0. The number of benzene rings is 2. The Morgan fingerprint density at radius 1 is 0.879 bits per heavy atom. The van der Waals surface area contributed by atoms with E-state index in [2.05, 4.69) is 58.0 Å². The predicted octanol–water partition coefficient (Wildman–Crippen LogP) is 8.76. The van der Waals surface area contributed by atoms with Crippen molar-refractivity contribution < 1.29 is 0 Å². The number of aryl methyl sites for hydroxylation is 2. The van der Waals surface area contributed by atoms with Crippen LogP contribution >= 0.6 is 35.3 Å². The van der Waals surface area contributed by atoms with Crippen LogP contribution in [0.1, 0.15) is 68.7 Å². The Balaban J connectivity index is 1.68. The van der Waals surface area contributed by atoms with Crippen molar-refractivity contribution in [3.8, 4) is 0 Å². The lowest BCUT2D eigenvalue weighted by Crippen LogP contribution is -2.02. The Bertz CT molecular complexity index is 1180. The van der Waals surface area contributed by atoms with Gasteiger partial charge in [-0.2, -0.15) is 0 Å². The van der Waals surface area contributed by atoms with E-state index in [9.17, 15) is 0 Å². The van der Waals surface area contributed by atoms with E-state index < -0.39 is 0 Å². The maximum Gasteiger partial charge on any atom is 0.126 e. The van der Waals surface area contributed by atoms with Crippen molar-refractivity contribution in [2.75, 3.05) is 11.5 Å². The van der Waals surface area contributed by atoms with E-state index in [1.165, 1.54) is 60.9 Å². The number of rotatable bonds is 10. The number of hydrogen-bond donors (Lipinski definition) is 0. The maximum atomic E-state index is 4.92. The number of thioether (sulfide) groups is 3. The number of aromatic nitrogens is 2. The van der Waals surface area contributed by atoms with Crippen LogP contribution in [0.15, 0.2) is 44.5 Å². The largest absolute Gasteiger partial charge is 0.237 e. The molecule has 1 aliphatic carbocycles. The molecule has 5 heteroatoms. The Morgan fingerprint density at radius 2 is 1.67 bits per heavy atom. The van der Waals surface area contributed by atoms with Crippen LogP contribution in [0.5, 0.6) is 0 Å². The van der Waals surface area contributed by atoms with E-state index in [0.29, 0.717) is 0 Å². The summed E-state index contributed by atoms with van der Waals surface area (Å²) in [6, 6.07) is 9.37. The molecule has 0 fully saturated rings. The molecule has 2 nitrogen and oxygen atoms in total. The van der Waals surface area contributed by atoms with Gasteiger partial charge in [0.05, 0.1) is 11.2 Å². The van der Waals surface area contributed by atoms with Crippen molar-refractivity contribution in [1.29, 1.82) is 0 Å². The lowest BCUT2D eigenvalue weighted by atomic mass is 9.96. The molecule has 1 heterocycles. The third kappa shape index (κ3) is 5.63. The number of allylic oxidation sites excluding steroid dienone is 1. The minimum atomic E-state index is 0.867. The van der Waals surface area contributed by atoms with Gasteiger partial charge in [-0.3, -0.25) is 0 Å². The summed E-state index contributed by atoms with van der Waals surface area (Å²) in [4.78, 5) is 14.0. The summed E-state index contributed by atoms with van der Waals surface area (Å²) < 4.78 is 0. The van der Waals surface area contributed by atoms with E-state index in [0.717, 1.165) is 41.4 Å². The molecular formula is C28H34N2S3. The highest BCUT2D eigenvalue weighted by Crippen LogP contribution is 2.39. The summed E-state index contributed by atoms with van der Waals surface area (Å²) in [6.07, 6.45) is 6.84. The van der Waals surface area contributed by atoms with Gasteiger partial charge in [-0.1, -0.05) is 32.4 Å². The third-order valence-corrected chi connectivity index (χ3v) is 9.54. The Morgan fingerprint density at radius 3 is 2.42 bits per heavy atom. The van der Waals surface area contributed by atoms with Gasteiger partial charge in [-0.15, -0.1) is 35.3 Å². The lowest BCUT2D eigenvalue weighted by molar-refractivity contribution is 1.02. The van der Waals surface area contributed by atoms with Crippen LogP contribution in [0.4, 0.5) is 0 Å². The van der Waals surface area contributed by atoms with E-state index in [4.69, 9.17) is 9.97 Å². The molecule has 0 atom stereocenters. The highest BCUT2D eigenvalue weighted by atomic mass is 32.2. The fourth-order valence-electron chi connectivity index (χ4n) is 4.33. The van der Waals surface area contributed by atoms with Gasteiger partial charge in [0.1, 0.15) is 5.82 Å². The summed E-state index contributed by atoms with van der Waals surface area (Å²) in [7, 11) is 0. The Kier molecular flexibility index (Phi) is 8.48. The minimum absolute atomic E-state index is 0.867. The first-order valence-electron chi connectivity index (χ1n) is 12.1. The second kappa shape index (κ2) is 11.3. The monoisotopic (exact) mass is 494 g/mol. The van der Waals surface area contributed by atoms with Gasteiger partial charge in [-0.25, -0.2) is 9.97 Å². The first-order valence-corrected chi connectivity index (χ1v) is 15.0. The van der Waals surface area contributed by atoms with Crippen molar-refractivity contribution in [3.63, 3.8) is 0 Å². The molecule has 0 saturated carbocycles. The average Bonchev–Trinajstić information content (AvgIpc) is 3.21. The highest BCUT2D eigenvalue weighted by Gasteiger charge is 2.20. The molecule has 0 radical (unpaired) electrons. The normalized spacial score (nSPS) is 12.9. The van der Waals surface area contributed by atoms with E-state index in [-0.39, 0.29) is 0 Å². The number of nitrogens with zero attached hydrogens (tertiary/aromatic N) is 2. The lowest BCUT2D eigenvalue weighted by Gasteiger charge is -2.15. The molecule has 1 aliphatic rings. The first-order chi connectivity index (χ1) is 16.0. The van der Waals surface area contributed by atoms with Crippen LogP contribution in [0.3, 0.4) is 0 Å². The van der Waals surface area contributed by atoms with Gasteiger partial charge >= 0.3 is 0 Å². The van der Waals surface area contributed by atoms with Crippen LogP contribution in [-0.4, -0.2) is 21.5 Å². The second-order valence-corrected chi connectivity index (χ2v) is 12.0. The predicted molar refractivity (Wildman–Crippen MR) is 149 cm³/mol. The van der Waals surface area contributed by atoms with Crippen molar-refractivity contribution in [2.24, 2.45) is 0 Å². The van der Waals surface area contributed by atoms with Gasteiger partial charge in [0.25, 0.3) is 0 Å². The smallest absolute Gasteiger partial charge is 0.126 e. The molecule has 0 bridgehead atoms. The second-order valence-electron chi connectivity index (χ2n) is 8.66. The molecule has 1 aromatic heterocycles. The van der Waals surface area contributed by atoms with Crippen molar-refractivity contribution in [3.05, 3.63) is 58.0 Å². The fourth-order valence-corrected chi connectivity index (χ4v) is 7.28. The van der Waals surface area contributed by atoms with Crippen LogP contribution in [0, 0.1) is 6.92 Å². The number of fused-ring (bicyclic) bond motifs is 3. The van der Waals surface area contributed by atoms with Crippen LogP contribution in [-0.2, 0) is 18.6 Å². The Hall–Kier alpha value is -1.43. The molecule has 0 saturated heterocycles. The van der Waals surface area contributed by atoms with Gasteiger partial charge < -0.3 is 0 Å². The highest BCUT2D eigenvalue weighted by molar-refractivity contribution is 8.02. The summed E-state index contributed by atoms with van der Waals surface area (Å²) >= 11 is 5.86. The molecule has 0 N–H and O–H groups in total. The zero-order valence-electron chi connectivity index (χ0n) is 20.5. The SMILES string of the molecule is CCCSc1ccc(SCc2nc(C)nc3c4c(c(CC)cc23)CC(C)=C4)c(SCCC)c1. The van der Waals surface area contributed by atoms with E-state index >= 15 is 0 Å². The van der Waals surface area contributed by atoms with Crippen molar-refractivity contribution >= 4 is 52.3 Å². The topological polar surface area (TPSA) is 25.8 Å².